The van der Waals surface area contributed by atoms with Crippen molar-refractivity contribution in [3.8, 4) is 0 Å². The molecule has 1 aliphatic carbocycles. The van der Waals surface area contributed by atoms with Crippen molar-refractivity contribution in [2.75, 3.05) is 10.7 Å². The highest BCUT2D eigenvalue weighted by molar-refractivity contribution is 5.46. The van der Waals surface area contributed by atoms with Gasteiger partial charge in [-0.15, -0.1) is 0 Å². The molecule has 100 valence electrons. The van der Waals surface area contributed by atoms with Crippen molar-refractivity contribution < 1.29 is 0 Å². The van der Waals surface area contributed by atoms with Crippen LogP contribution in [0.25, 0.3) is 0 Å². The predicted octanol–water partition coefficient (Wildman–Crippen LogP) is 2.45. The van der Waals surface area contributed by atoms with E-state index in [2.05, 4.69) is 27.6 Å². The topological polar surface area (TPSA) is 75.9 Å². The lowest BCUT2D eigenvalue weighted by Crippen LogP contribution is -2.27. The van der Waals surface area contributed by atoms with Gasteiger partial charge in [-0.1, -0.05) is 26.2 Å². The number of hydrazine groups is 1. The minimum Gasteiger partial charge on any atom is -0.367 e. The van der Waals surface area contributed by atoms with Crippen LogP contribution in [0.15, 0.2) is 6.20 Å². The highest BCUT2D eigenvalue weighted by atomic mass is 15.3. The van der Waals surface area contributed by atoms with Crippen LogP contribution in [0.1, 0.15) is 44.6 Å². The second-order valence-corrected chi connectivity index (χ2v) is 5.24. The minimum atomic E-state index is 0.462. The van der Waals surface area contributed by atoms with Gasteiger partial charge in [-0.25, -0.2) is 10.8 Å². The van der Waals surface area contributed by atoms with Crippen LogP contribution >= 0.6 is 0 Å². The summed E-state index contributed by atoms with van der Waals surface area (Å²) in [6, 6.07) is 0.506. The molecule has 0 spiro atoms. The molecule has 0 amide bonds. The van der Waals surface area contributed by atoms with Gasteiger partial charge in [-0.05, 0) is 25.7 Å². The molecule has 1 aliphatic rings. The van der Waals surface area contributed by atoms with Crippen LogP contribution in [-0.2, 0) is 0 Å². The Bertz CT molecular complexity index is 393. The van der Waals surface area contributed by atoms with Gasteiger partial charge in [-0.3, -0.25) is 5.43 Å². The number of aromatic nitrogens is 2. The van der Waals surface area contributed by atoms with Gasteiger partial charge in [0.1, 0.15) is 5.82 Å². The number of hydrogen-bond acceptors (Lipinski definition) is 5. The number of nitrogen functional groups attached to an aromatic ring is 1. The molecule has 5 nitrogen and oxygen atoms in total. The van der Waals surface area contributed by atoms with Crippen molar-refractivity contribution in [1.82, 2.24) is 9.97 Å². The Balaban J connectivity index is 2.11. The highest BCUT2D eigenvalue weighted by Gasteiger charge is 2.20. The van der Waals surface area contributed by atoms with Crippen molar-refractivity contribution in [3.63, 3.8) is 0 Å². The van der Waals surface area contributed by atoms with Crippen LogP contribution in [0.5, 0.6) is 0 Å². The van der Waals surface area contributed by atoms with Crippen molar-refractivity contribution in [2.24, 2.45) is 11.8 Å². The van der Waals surface area contributed by atoms with Gasteiger partial charge in [0.25, 0.3) is 0 Å². The number of nitrogens with two attached hydrogens (primary N) is 1. The van der Waals surface area contributed by atoms with E-state index in [4.69, 9.17) is 5.84 Å². The van der Waals surface area contributed by atoms with Crippen LogP contribution in [0.4, 0.5) is 11.8 Å². The summed E-state index contributed by atoms with van der Waals surface area (Å²) in [6.07, 6.45) is 8.30. The van der Waals surface area contributed by atoms with Gasteiger partial charge in [0.15, 0.2) is 0 Å². The Hall–Kier alpha value is -1.36. The summed E-state index contributed by atoms with van der Waals surface area (Å²) < 4.78 is 0. The smallest absolute Gasteiger partial charge is 0.239 e. The maximum atomic E-state index is 5.35. The van der Waals surface area contributed by atoms with Gasteiger partial charge in [0.05, 0.1) is 0 Å². The summed E-state index contributed by atoms with van der Waals surface area (Å²) in [5.41, 5.74) is 3.55. The first-order valence-electron chi connectivity index (χ1n) is 6.77. The first-order valence-corrected chi connectivity index (χ1v) is 6.77. The number of anilines is 2. The zero-order chi connectivity index (χ0) is 13.0. The minimum absolute atomic E-state index is 0.462. The number of aryl methyl sites for hydroxylation is 1. The third-order valence-corrected chi connectivity index (χ3v) is 3.78. The van der Waals surface area contributed by atoms with Crippen LogP contribution in [-0.4, -0.2) is 16.0 Å². The molecule has 5 heteroatoms. The molecule has 0 aromatic carbocycles. The largest absolute Gasteiger partial charge is 0.367 e. The quantitative estimate of drug-likeness (QED) is 0.436. The first-order chi connectivity index (χ1) is 8.70. The number of hydrogen-bond donors (Lipinski definition) is 3. The molecule has 2 rings (SSSR count). The molecule has 1 saturated carbocycles. The van der Waals surface area contributed by atoms with Crippen molar-refractivity contribution in [2.45, 2.75) is 52.0 Å². The molecule has 2 atom stereocenters. The molecular formula is C13H23N5. The lowest BCUT2D eigenvalue weighted by molar-refractivity contribution is 0.455. The molecule has 4 N–H and O–H groups in total. The molecule has 2 unspecified atom stereocenters. The van der Waals surface area contributed by atoms with Crippen LogP contribution in [0.2, 0.25) is 0 Å². The summed E-state index contributed by atoms with van der Waals surface area (Å²) >= 11 is 0. The molecule has 0 saturated heterocycles. The van der Waals surface area contributed by atoms with E-state index in [0.29, 0.717) is 17.9 Å². The second-order valence-electron chi connectivity index (χ2n) is 5.24. The Kier molecular flexibility index (Phi) is 4.36. The Morgan fingerprint density at radius 1 is 1.28 bits per heavy atom. The van der Waals surface area contributed by atoms with Crippen molar-refractivity contribution >= 4 is 11.8 Å². The van der Waals surface area contributed by atoms with E-state index < -0.39 is 0 Å². The molecular weight excluding hydrogens is 226 g/mol. The van der Waals surface area contributed by atoms with Crippen LogP contribution in [0.3, 0.4) is 0 Å². The van der Waals surface area contributed by atoms with E-state index in [-0.39, 0.29) is 0 Å². The van der Waals surface area contributed by atoms with E-state index in [0.717, 1.165) is 11.4 Å². The Labute approximate surface area is 109 Å². The first kappa shape index (κ1) is 13.1. The molecule has 1 aromatic rings. The third-order valence-electron chi connectivity index (χ3n) is 3.78. The number of rotatable bonds is 3. The Morgan fingerprint density at radius 2 is 2.06 bits per heavy atom. The van der Waals surface area contributed by atoms with E-state index in [1.54, 1.807) is 6.20 Å². The average molecular weight is 249 g/mol. The van der Waals surface area contributed by atoms with Crippen molar-refractivity contribution in [3.05, 3.63) is 11.8 Å². The van der Waals surface area contributed by atoms with E-state index in [9.17, 15) is 0 Å². The van der Waals surface area contributed by atoms with E-state index in [1.807, 2.05) is 6.92 Å². The summed E-state index contributed by atoms with van der Waals surface area (Å²) in [5.74, 6) is 7.40. The van der Waals surface area contributed by atoms with Crippen molar-refractivity contribution in [1.29, 1.82) is 0 Å². The van der Waals surface area contributed by atoms with Gasteiger partial charge in [0.2, 0.25) is 5.95 Å². The SMILES string of the molecule is Cc1cnc(NN)nc1NC1CCCCCC1C. The maximum Gasteiger partial charge on any atom is 0.239 e. The lowest BCUT2D eigenvalue weighted by Gasteiger charge is -2.24. The normalized spacial score (nSPS) is 24.4. The number of nitrogens with one attached hydrogen (secondary N) is 2. The standard InChI is InChI=1S/C13H23N5/c1-9-6-4-3-5-7-11(9)16-12-10(2)8-15-13(17-12)18-14/h8-9,11H,3-7,14H2,1-2H3,(H2,15,16,17,18). The zero-order valence-electron chi connectivity index (χ0n) is 11.2. The van der Waals surface area contributed by atoms with Crippen LogP contribution < -0.4 is 16.6 Å². The molecule has 1 heterocycles. The summed E-state index contributed by atoms with van der Waals surface area (Å²) in [5, 5.41) is 3.57. The van der Waals surface area contributed by atoms with Crippen LogP contribution in [0, 0.1) is 12.8 Å². The lowest BCUT2D eigenvalue weighted by atomic mass is 9.97. The maximum absolute atomic E-state index is 5.35. The van der Waals surface area contributed by atoms with Gasteiger partial charge < -0.3 is 5.32 Å². The number of nitrogens with zero attached hydrogens (tertiary/aromatic N) is 2. The summed E-state index contributed by atoms with van der Waals surface area (Å²) in [7, 11) is 0. The molecule has 0 aliphatic heterocycles. The highest BCUT2D eigenvalue weighted by Crippen LogP contribution is 2.26. The fourth-order valence-corrected chi connectivity index (χ4v) is 2.54. The fraction of sp³-hybridized carbons (Fsp3) is 0.692. The summed E-state index contributed by atoms with van der Waals surface area (Å²) in [4.78, 5) is 8.49. The predicted molar refractivity (Wildman–Crippen MR) is 74.2 cm³/mol. The molecule has 1 aromatic heterocycles. The monoisotopic (exact) mass is 249 g/mol. The Morgan fingerprint density at radius 3 is 2.83 bits per heavy atom. The van der Waals surface area contributed by atoms with Gasteiger partial charge >= 0.3 is 0 Å². The average Bonchev–Trinajstić information content (AvgIpc) is 2.58. The van der Waals surface area contributed by atoms with Gasteiger partial charge in [0, 0.05) is 17.8 Å². The molecule has 1 fully saturated rings. The fourth-order valence-electron chi connectivity index (χ4n) is 2.54. The third kappa shape index (κ3) is 3.10. The second kappa shape index (κ2) is 6.00. The van der Waals surface area contributed by atoms with E-state index in [1.165, 1.54) is 32.1 Å². The zero-order valence-corrected chi connectivity index (χ0v) is 11.2. The molecule has 0 bridgehead atoms. The van der Waals surface area contributed by atoms with E-state index >= 15 is 0 Å². The molecule has 0 radical (unpaired) electrons. The molecule has 18 heavy (non-hydrogen) atoms. The summed E-state index contributed by atoms with van der Waals surface area (Å²) in [6.45, 7) is 4.34. The van der Waals surface area contributed by atoms with Gasteiger partial charge in [-0.2, -0.15) is 4.98 Å².